The zero-order valence-corrected chi connectivity index (χ0v) is 18.7. The number of Topliss-reactive ketones (excluding diaryl/α,β-unsaturated/α-hetero) is 1. The average Bonchev–Trinajstić information content (AvgIpc) is 2.90. The Morgan fingerprint density at radius 2 is 1.86 bits per heavy atom. The number of carbonyl (C=O) groups excluding carboxylic acids is 1. The Hall–Kier alpha value is -2.16. The second-order valence-corrected chi connectivity index (χ2v) is 10.1. The van der Waals surface area contributed by atoms with Crippen molar-refractivity contribution in [3.05, 3.63) is 52.7 Å². The average molecular weight is 379 g/mol. The molecule has 0 aliphatic heterocycles. The highest BCUT2D eigenvalue weighted by Crippen LogP contribution is 2.46. The molecule has 28 heavy (non-hydrogen) atoms. The summed E-state index contributed by atoms with van der Waals surface area (Å²) in [5.74, 6) is 0.950. The molecule has 0 radical (unpaired) electrons. The van der Waals surface area contributed by atoms with Gasteiger partial charge in [0.2, 0.25) is 0 Å². The van der Waals surface area contributed by atoms with Crippen molar-refractivity contribution in [2.24, 2.45) is 0 Å². The van der Waals surface area contributed by atoms with Gasteiger partial charge in [-0.15, -0.1) is 0 Å². The first-order valence-corrected chi connectivity index (χ1v) is 10.4. The maximum absolute atomic E-state index is 11.7. The Labute approximate surface area is 170 Å². The van der Waals surface area contributed by atoms with Crippen LogP contribution in [-0.4, -0.2) is 16.8 Å². The van der Waals surface area contributed by atoms with Gasteiger partial charge in [0.1, 0.15) is 5.82 Å². The number of pyridine rings is 1. The second-order valence-electron chi connectivity index (χ2n) is 10.1. The number of nitrogens with zero attached hydrogens (tertiary/aromatic N) is 2. The minimum absolute atomic E-state index is 0.0486. The highest BCUT2D eigenvalue weighted by molar-refractivity contribution is 5.94. The molecule has 0 bridgehead atoms. The van der Waals surface area contributed by atoms with Crippen LogP contribution >= 0.6 is 0 Å². The van der Waals surface area contributed by atoms with Crippen molar-refractivity contribution in [3.63, 3.8) is 0 Å². The summed E-state index contributed by atoms with van der Waals surface area (Å²) in [6, 6.07) is 8.92. The predicted molar refractivity (Wildman–Crippen MR) is 118 cm³/mol. The van der Waals surface area contributed by atoms with E-state index >= 15 is 0 Å². The van der Waals surface area contributed by atoms with Crippen molar-refractivity contribution in [1.82, 2.24) is 4.98 Å². The number of hydrogen-bond acceptors (Lipinski definition) is 3. The third kappa shape index (κ3) is 3.72. The summed E-state index contributed by atoms with van der Waals surface area (Å²) in [4.78, 5) is 18.6. The van der Waals surface area contributed by atoms with Crippen LogP contribution in [0.25, 0.3) is 0 Å². The van der Waals surface area contributed by atoms with Gasteiger partial charge in [0.25, 0.3) is 0 Å². The van der Waals surface area contributed by atoms with Gasteiger partial charge in [-0.1, -0.05) is 40.7 Å². The number of anilines is 2. The number of rotatable bonds is 4. The van der Waals surface area contributed by atoms with E-state index in [1.165, 1.54) is 28.8 Å². The van der Waals surface area contributed by atoms with E-state index in [4.69, 9.17) is 0 Å². The molecular weight excluding hydrogens is 344 g/mol. The van der Waals surface area contributed by atoms with Crippen LogP contribution in [0.1, 0.15) is 88.9 Å². The molecular formula is C25H34N2O. The predicted octanol–water partition coefficient (Wildman–Crippen LogP) is 6.35. The Morgan fingerprint density at radius 3 is 2.36 bits per heavy atom. The molecule has 0 spiro atoms. The molecule has 0 fully saturated rings. The fourth-order valence-electron chi connectivity index (χ4n) is 4.15. The molecule has 3 heteroatoms. The molecule has 1 aliphatic rings. The monoisotopic (exact) mass is 378 g/mol. The van der Waals surface area contributed by atoms with Crippen molar-refractivity contribution >= 4 is 17.3 Å². The van der Waals surface area contributed by atoms with E-state index in [9.17, 15) is 4.79 Å². The first-order chi connectivity index (χ1) is 12.9. The van der Waals surface area contributed by atoms with Crippen LogP contribution < -0.4 is 4.90 Å². The van der Waals surface area contributed by atoms with Crippen LogP contribution in [0, 0.1) is 0 Å². The van der Waals surface area contributed by atoms with Crippen LogP contribution in [0.3, 0.4) is 0 Å². The van der Waals surface area contributed by atoms with E-state index in [1.807, 2.05) is 12.1 Å². The van der Waals surface area contributed by atoms with E-state index in [0.29, 0.717) is 5.56 Å². The van der Waals surface area contributed by atoms with Gasteiger partial charge in [-0.25, -0.2) is 4.98 Å². The first kappa shape index (κ1) is 20.6. The van der Waals surface area contributed by atoms with Gasteiger partial charge in [0.05, 0.1) is 0 Å². The molecule has 3 rings (SSSR count). The number of carbonyl (C=O) groups is 1. The van der Waals surface area contributed by atoms with Gasteiger partial charge >= 0.3 is 0 Å². The van der Waals surface area contributed by atoms with E-state index < -0.39 is 0 Å². The summed E-state index contributed by atoms with van der Waals surface area (Å²) in [5.41, 5.74) is 6.48. The zero-order chi connectivity index (χ0) is 20.9. The van der Waals surface area contributed by atoms with Crippen molar-refractivity contribution in [2.75, 3.05) is 4.90 Å². The number of benzene rings is 1. The van der Waals surface area contributed by atoms with Gasteiger partial charge in [-0.3, -0.25) is 4.79 Å². The summed E-state index contributed by atoms with van der Waals surface area (Å²) < 4.78 is 0. The maximum Gasteiger partial charge on any atom is 0.161 e. The minimum Gasteiger partial charge on any atom is -0.324 e. The topological polar surface area (TPSA) is 33.2 Å². The fourth-order valence-corrected chi connectivity index (χ4v) is 4.15. The summed E-state index contributed by atoms with van der Waals surface area (Å²) in [7, 11) is 0. The van der Waals surface area contributed by atoms with Crippen LogP contribution in [0.4, 0.5) is 11.5 Å². The number of ketones is 1. The second kappa shape index (κ2) is 7.02. The van der Waals surface area contributed by atoms with Crippen LogP contribution in [0.15, 0.2) is 30.5 Å². The lowest BCUT2D eigenvalue weighted by Gasteiger charge is -2.33. The van der Waals surface area contributed by atoms with E-state index in [0.717, 1.165) is 12.2 Å². The smallest absolute Gasteiger partial charge is 0.161 e. The number of aromatic nitrogens is 1. The molecule has 0 N–H and O–H groups in total. The molecule has 3 nitrogen and oxygen atoms in total. The van der Waals surface area contributed by atoms with E-state index in [-0.39, 0.29) is 22.7 Å². The Bertz CT molecular complexity index is 886. The zero-order valence-electron chi connectivity index (χ0n) is 18.7. The Balaban J connectivity index is 2.21. The number of fused-ring (bicyclic) bond motifs is 1. The van der Waals surface area contributed by atoms with Crippen molar-refractivity contribution < 1.29 is 4.79 Å². The molecule has 0 saturated carbocycles. The Morgan fingerprint density at radius 1 is 1.18 bits per heavy atom. The largest absolute Gasteiger partial charge is 0.324 e. The first-order valence-electron chi connectivity index (χ1n) is 10.4. The van der Waals surface area contributed by atoms with E-state index in [1.54, 1.807) is 13.1 Å². The highest BCUT2D eigenvalue weighted by atomic mass is 16.1. The van der Waals surface area contributed by atoms with E-state index in [2.05, 4.69) is 70.5 Å². The van der Waals surface area contributed by atoms with Gasteiger partial charge in [-0.05, 0) is 79.3 Å². The van der Waals surface area contributed by atoms with Gasteiger partial charge in [-0.2, -0.15) is 0 Å². The quantitative estimate of drug-likeness (QED) is 0.581. The SMILES string of the molecule is CC(=O)c1ccc(N(c2cc(C(C)(C)C)cc3c2CCC3(C)C)C(C)C)nc1. The van der Waals surface area contributed by atoms with Crippen molar-refractivity contribution in [2.45, 2.75) is 85.1 Å². The van der Waals surface area contributed by atoms with Crippen LogP contribution in [-0.2, 0) is 17.3 Å². The molecule has 1 aromatic carbocycles. The summed E-state index contributed by atoms with van der Waals surface area (Å²) in [6.07, 6.45) is 3.97. The lowest BCUT2D eigenvalue weighted by Crippen LogP contribution is -2.28. The lowest BCUT2D eigenvalue weighted by atomic mass is 9.80. The lowest BCUT2D eigenvalue weighted by molar-refractivity contribution is 0.101. The summed E-state index contributed by atoms with van der Waals surface area (Å²) >= 11 is 0. The third-order valence-electron chi connectivity index (χ3n) is 6.00. The number of hydrogen-bond donors (Lipinski definition) is 0. The molecule has 150 valence electrons. The summed E-state index contributed by atoms with van der Waals surface area (Å²) in [5, 5.41) is 0. The molecule has 1 aliphatic carbocycles. The van der Waals surface area contributed by atoms with Crippen molar-refractivity contribution in [1.29, 1.82) is 0 Å². The standard InChI is InChI=1S/C25H34N2O/c1-16(2)27(23-10-9-18(15-26-23)17(3)28)22-14-19(24(4,5)6)13-21-20(22)11-12-25(21,7)8/h9-10,13-16H,11-12H2,1-8H3. The molecule has 0 amide bonds. The van der Waals surface area contributed by atoms with Gasteiger partial charge < -0.3 is 4.90 Å². The molecule has 1 heterocycles. The highest BCUT2D eigenvalue weighted by Gasteiger charge is 2.35. The van der Waals surface area contributed by atoms with Gasteiger partial charge in [0.15, 0.2) is 5.78 Å². The molecule has 2 aromatic rings. The molecule has 1 aromatic heterocycles. The molecule has 0 atom stereocenters. The fraction of sp³-hybridized carbons (Fsp3) is 0.520. The minimum atomic E-state index is 0.0486. The summed E-state index contributed by atoms with van der Waals surface area (Å²) in [6.45, 7) is 17.5. The Kier molecular flexibility index (Phi) is 5.16. The van der Waals surface area contributed by atoms with Crippen LogP contribution in [0.2, 0.25) is 0 Å². The third-order valence-corrected chi connectivity index (χ3v) is 6.00. The van der Waals surface area contributed by atoms with Crippen LogP contribution in [0.5, 0.6) is 0 Å². The van der Waals surface area contributed by atoms with Gasteiger partial charge in [0, 0.05) is 23.5 Å². The molecule has 0 saturated heterocycles. The maximum atomic E-state index is 11.7. The molecule has 0 unspecified atom stereocenters. The van der Waals surface area contributed by atoms with Crippen molar-refractivity contribution in [3.8, 4) is 0 Å². The normalized spacial score (nSPS) is 15.6.